The quantitative estimate of drug-likeness (QED) is 0.901. The third-order valence-corrected chi connectivity index (χ3v) is 4.74. The minimum absolute atomic E-state index is 0.0599. The summed E-state index contributed by atoms with van der Waals surface area (Å²) in [6.07, 6.45) is 4.51. The van der Waals surface area contributed by atoms with Crippen LogP contribution < -0.4 is 10.6 Å². The monoisotopic (exact) mass is 283 g/mol. The highest BCUT2D eigenvalue weighted by Gasteiger charge is 2.49. The van der Waals surface area contributed by atoms with Crippen molar-refractivity contribution in [1.29, 1.82) is 0 Å². The molecule has 0 radical (unpaired) electrons. The van der Waals surface area contributed by atoms with Gasteiger partial charge < -0.3 is 10.6 Å². The van der Waals surface area contributed by atoms with Crippen LogP contribution in [0, 0.1) is 0 Å². The van der Waals surface area contributed by atoms with E-state index >= 15 is 0 Å². The fourth-order valence-corrected chi connectivity index (χ4v) is 3.34. The molecule has 2 aliphatic rings. The molecule has 1 unspecified atom stereocenters. The molecule has 110 valence electrons. The van der Waals surface area contributed by atoms with Gasteiger partial charge in [-0.1, -0.05) is 30.3 Å². The molecule has 0 bridgehead atoms. The summed E-state index contributed by atoms with van der Waals surface area (Å²) in [5, 5.41) is 7.62. The molecule has 1 aromatic carbocycles. The first-order valence-corrected chi connectivity index (χ1v) is 7.77. The average molecular weight is 283 g/mol. The van der Waals surface area contributed by atoms with Crippen LogP contribution in [0.2, 0.25) is 0 Å². The standard InChI is InChI=1S/C16H21N5/c17-13-7-4-10-21(11-13)15-18-14(19-20-15)16(8-9-16)12-5-2-1-3-6-12/h1-3,5-6,13H,4,7-11,17H2,(H,18,19,20). The Labute approximate surface area is 124 Å². The number of H-pyrrole nitrogens is 1. The van der Waals surface area contributed by atoms with Crippen LogP contribution in [0.1, 0.15) is 37.1 Å². The van der Waals surface area contributed by atoms with Gasteiger partial charge in [0.15, 0.2) is 0 Å². The van der Waals surface area contributed by atoms with Gasteiger partial charge >= 0.3 is 0 Å². The van der Waals surface area contributed by atoms with Gasteiger partial charge in [-0.3, -0.25) is 5.10 Å². The first-order chi connectivity index (χ1) is 10.3. The van der Waals surface area contributed by atoms with Gasteiger partial charge in [-0.25, -0.2) is 0 Å². The molecule has 1 aliphatic carbocycles. The van der Waals surface area contributed by atoms with Crippen LogP contribution >= 0.6 is 0 Å². The van der Waals surface area contributed by atoms with E-state index in [2.05, 4.69) is 45.4 Å². The number of nitrogens with one attached hydrogen (secondary N) is 1. The first-order valence-electron chi connectivity index (χ1n) is 7.77. The molecule has 2 aromatic rings. The van der Waals surface area contributed by atoms with E-state index in [0.29, 0.717) is 0 Å². The number of aromatic amines is 1. The third-order valence-electron chi connectivity index (χ3n) is 4.74. The molecular formula is C16H21N5. The molecule has 0 spiro atoms. The highest BCUT2D eigenvalue weighted by molar-refractivity contribution is 5.41. The van der Waals surface area contributed by atoms with E-state index < -0.39 is 0 Å². The van der Waals surface area contributed by atoms with Gasteiger partial charge in [0, 0.05) is 19.1 Å². The fraction of sp³-hybridized carbons (Fsp3) is 0.500. The SMILES string of the molecule is NC1CCCN(c2n[nH]c(C3(c4ccccc4)CC3)n2)C1. The van der Waals surface area contributed by atoms with E-state index in [-0.39, 0.29) is 11.5 Å². The zero-order chi connectivity index (χ0) is 14.3. The second-order valence-electron chi connectivity index (χ2n) is 6.28. The maximum absolute atomic E-state index is 6.05. The van der Waals surface area contributed by atoms with Gasteiger partial charge in [-0.05, 0) is 31.2 Å². The molecule has 4 rings (SSSR count). The zero-order valence-corrected chi connectivity index (χ0v) is 12.1. The molecule has 1 saturated heterocycles. The Kier molecular flexibility index (Phi) is 2.96. The van der Waals surface area contributed by atoms with E-state index in [9.17, 15) is 0 Å². The van der Waals surface area contributed by atoms with E-state index in [1.807, 2.05) is 0 Å². The van der Waals surface area contributed by atoms with Gasteiger partial charge in [0.2, 0.25) is 5.95 Å². The van der Waals surface area contributed by atoms with E-state index in [1.165, 1.54) is 5.56 Å². The molecule has 0 amide bonds. The fourth-order valence-electron chi connectivity index (χ4n) is 3.34. The highest BCUT2D eigenvalue weighted by Crippen LogP contribution is 2.52. The van der Waals surface area contributed by atoms with Crippen molar-refractivity contribution in [1.82, 2.24) is 15.2 Å². The minimum atomic E-state index is 0.0599. The van der Waals surface area contributed by atoms with Crippen molar-refractivity contribution in [3.05, 3.63) is 41.7 Å². The maximum Gasteiger partial charge on any atom is 0.244 e. The molecular weight excluding hydrogens is 262 g/mol. The summed E-state index contributed by atoms with van der Waals surface area (Å²) in [4.78, 5) is 6.99. The molecule has 1 aliphatic heterocycles. The number of benzene rings is 1. The number of anilines is 1. The Hall–Kier alpha value is -1.88. The summed E-state index contributed by atoms with van der Waals surface area (Å²) in [6, 6.07) is 10.9. The number of rotatable bonds is 3. The van der Waals surface area contributed by atoms with Gasteiger partial charge in [0.1, 0.15) is 5.82 Å². The van der Waals surface area contributed by atoms with E-state index in [4.69, 9.17) is 10.7 Å². The second kappa shape index (κ2) is 4.84. The van der Waals surface area contributed by atoms with Crippen molar-refractivity contribution < 1.29 is 0 Å². The molecule has 2 fully saturated rings. The highest BCUT2D eigenvalue weighted by atomic mass is 15.4. The second-order valence-corrected chi connectivity index (χ2v) is 6.28. The largest absolute Gasteiger partial charge is 0.338 e. The first kappa shape index (κ1) is 12.8. The van der Waals surface area contributed by atoms with Crippen LogP contribution in [-0.4, -0.2) is 34.3 Å². The smallest absolute Gasteiger partial charge is 0.244 e. The Balaban J connectivity index is 1.60. The molecule has 1 aromatic heterocycles. The lowest BCUT2D eigenvalue weighted by atomic mass is 9.95. The van der Waals surface area contributed by atoms with Crippen molar-refractivity contribution >= 4 is 5.95 Å². The summed E-state index contributed by atoms with van der Waals surface area (Å²) in [5.74, 6) is 1.81. The average Bonchev–Trinajstić information content (AvgIpc) is 3.18. The van der Waals surface area contributed by atoms with Gasteiger partial charge in [0.25, 0.3) is 0 Å². The predicted molar refractivity (Wildman–Crippen MR) is 82.3 cm³/mol. The van der Waals surface area contributed by atoms with Crippen LogP contribution in [0.25, 0.3) is 0 Å². The number of hydrogen-bond acceptors (Lipinski definition) is 4. The molecule has 1 atom stereocenters. The third kappa shape index (κ3) is 2.21. The summed E-state index contributed by atoms with van der Waals surface area (Å²) < 4.78 is 0. The summed E-state index contributed by atoms with van der Waals surface area (Å²) in [7, 11) is 0. The number of aromatic nitrogens is 3. The van der Waals surface area contributed by atoms with Crippen LogP contribution in [-0.2, 0) is 5.41 Å². The van der Waals surface area contributed by atoms with Crippen molar-refractivity contribution in [3.8, 4) is 0 Å². The molecule has 3 N–H and O–H groups in total. The van der Waals surface area contributed by atoms with Crippen molar-refractivity contribution in [2.45, 2.75) is 37.1 Å². The lowest BCUT2D eigenvalue weighted by Crippen LogP contribution is -2.43. The lowest BCUT2D eigenvalue weighted by Gasteiger charge is -2.29. The summed E-state index contributed by atoms with van der Waals surface area (Å²) in [6.45, 7) is 1.86. The lowest BCUT2D eigenvalue weighted by molar-refractivity contribution is 0.500. The predicted octanol–water partition coefficient (Wildman–Crippen LogP) is 1.81. The van der Waals surface area contributed by atoms with Crippen molar-refractivity contribution in [2.75, 3.05) is 18.0 Å². The minimum Gasteiger partial charge on any atom is -0.338 e. The Morgan fingerprint density at radius 2 is 2.05 bits per heavy atom. The molecule has 1 saturated carbocycles. The van der Waals surface area contributed by atoms with E-state index in [0.717, 1.165) is 50.5 Å². The van der Waals surface area contributed by atoms with Crippen LogP contribution in [0.4, 0.5) is 5.95 Å². The maximum atomic E-state index is 6.05. The van der Waals surface area contributed by atoms with Crippen molar-refractivity contribution in [2.24, 2.45) is 5.73 Å². The number of nitrogens with zero attached hydrogens (tertiary/aromatic N) is 3. The zero-order valence-electron chi connectivity index (χ0n) is 12.1. The van der Waals surface area contributed by atoms with E-state index in [1.54, 1.807) is 0 Å². The molecule has 5 nitrogen and oxygen atoms in total. The Morgan fingerprint density at radius 1 is 1.24 bits per heavy atom. The van der Waals surface area contributed by atoms with Crippen LogP contribution in [0.3, 0.4) is 0 Å². The number of hydrogen-bond donors (Lipinski definition) is 2. The Morgan fingerprint density at radius 3 is 2.76 bits per heavy atom. The molecule has 5 heteroatoms. The number of nitrogens with two attached hydrogens (primary N) is 1. The van der Waals surface area contributed by atoms with Crippen LogP contribution in [0.5, 0.6) is 0 Å². The number of piperidine rings is 1. The van der Waals surface area contributed by atoms with Crippen molar-refractivity contribution in [3.63, 3.8) is 0 Å². The van der Waals surface area contributed by atoms with Gasteiger partial charge in [0.05, 0.1) is 5.41 Å². The summed E-state index contributed by atoms with van der Waals surface area (Å²) >= 11 is 0. The normalized spacial score (nSPS) is 24.0. The topological polar surface area (TPSA) is 70.8 Å². The molecule has 2 heterocycles. The van der Waals surface area contributed by atoms with Crippen LogP contribution in [0.15, 0.2) is 30.3 Å². The summed E-state index contributed by atoms with van der Waals surface area (Å²) in [5.41, 5.74) is 7.45. The van der Waals surface area contributed by atoms with Gasteiger partial charge in [-0.2, -0.15) is 4.98 Å². The Bertz CT molecular complexity index is 617. The molecule has 21 heavy (non-hydrogen) atoms. The van der Waals surface area contributed by atoms with Gasteiger partial charge in [-0.15, -0.1) is 5.10 Å².